The molecular formula is C20H22N4O3. The topological polar surface area (TPSA) is 85.6 Å². The fourth-order valence-electron chi connectivity index (χ4n) is 2.67. The lowest BCUT2D eigenvalue weighted by Gasteiger charge is -2.07. The number of carbonyl (C=O) groups is 2. The van der Waals surface area contributed by atoms with Crippen LogP contribution in [0.4, 0.5) is 0 Å². The van der Waals surface area contributed by atoms with Crippen molar-refractivity contribution in [3.05, 3.63) is 60.0 Å². The highest BCUT2D eigenvalue weighted by Crippen LogP contribution is 2.13. The second-order valence-electron chi connectivity index (χ2n) is 6.18. The van der Waals surface area contributed by atoms with Gasteiger partial charge >= 0.3 is 0 Å². The van der Waals surface area contributed by atoms with Crippen molar-refractivity contribution in [2.45, 2.75) is 26.2 Å². The van der Waals surface area contributed by atoms with Crippen LogP contribution in [0.5, 0.6) is 5.75 Å². The van der Waals surface area contributed by atoms with E-state index >= 15 is 0 Å². The lowest BCUT2D eigenvalue weighted by Crippen LogP contribution is -2.26. The van der Waals surface area contributed by atoms with Gasteiger partial charge in [0.05, 0.1) is 6.61 Å². The number of pyridine rings is 1. The molecule has 0 spiro atoms. The molecule has 27 heavy (non-hydrogen) atoms. The zero-order valence-electron chi connectivity index (χ0n) is 15.2. The summed E-state index contributed by atoms with van der Waals surface area (Å²) in [6, 6.07) is 12.7. The Labute approximate surface area is 157 Å². The Morgan fingerprint density at radius 1 is 1.11 bits per heavy atom. The minimum absolute atomic E-state index is 0.0145. The van der Waals surface area contributed by atoms with Crippen molar-refractivity contribution in [3.8, 4) is 5.75 Å². The van der Waals surface area contributed by atoms with Gasteiger partial charge < -0.3 is 10.1 Å². The highest BCUT2D eigenvalue weighted by molar-refractivity contribution is 5.94. The molecule has 0 aliphatic heterocycles. The van der Waals surface area contributed by atoms with Crippen molar-refractivity contribution in [2.75, 3.05) is 13.2 Å². The summed E-state index contributed by atoms with van der Waals surface area (Å²) >= 11 is 0. The van der Waals surface area contributed by atoms with E-state index in [4.69, 9.17) is 4.74 Å². The lowest BCUT2D eigenvalue weighted by molar-refractivity contribution is -0.121. The first-order valence-corrected chi connectivity index (χ1v) is 8.92. The third-order valence-electron chi connectivity index (χ3n) is 4.13. The average Bonchev–Trinajstić information content (AvgIpc) is 3.09. The first-order valence-electron chi connectivity index (χ1n) is 8.92. The number of Topliss-reactive ketones (excluding diaryl/α,β-unsaturated/α-hetero) is 1. The van der Waals surface area contributed by atoms with E-state index in [1.165, 1.54) is 6.92 Å². The Morgan fingerprint density at radius 2 is 1.93 bits per heavy atom. The zero-order valence-corrected chi connectivity index (χ0v) is 15.2. The number of hydrogen-bond donors (Lipinski definition) is 1. The van der Waals surface area contributed by atoms with E-state index in [0.717, 1.165) is 11.5 Å². The molecule has 0 saturated heterocycles. The van der Waals surface area contributed by atoms with Crippen LogP contribution in [0.15, 0.2) is 48.7 Å². The van der Waals surface area contributed by atoms with Crippen LogP contribution in [0.25, 0.3) is 5.65 Å². The molecule has 7 nitrogen and oxygen atoms in total. The monoisotopic (exact) mass is 366 g/mol. The number of nitrogens with one attached hydrogen (secondary N) is 1. The highest BCUT2D eigenvalue weighted by Gasteiger charge is 2.06. The summed E-state index contributed by atoms with van der Waals surface area (Å²) < 4.78 is 7.50. The molecule has 0 aliphatic rings. The van der Waals surface area contributed by atoms with Crippen LogP contribution in [0.1, 0.15) is 35.9 Å². The number of nitrogens with zero attached hydrogens (tertiary/aromatic N) is 3. The number of aromatic nitrogens is 3. The second kappa shape index (κ2) is 8.93. The van der Waals surface area contributed by atoms with E-state index in [1.54, 1.807) is 24.3 Å². The Bertz CT molecular complexity index is 918. The second-order valence-corrected chi connectivity index (χ2v) is 6.18. The molecule has 1 N–H and O–H groups in total. The van der Waals surface area contributed by atoms with E-state index in [0.29, 0.717) is 43.7 Å². The predicted molar refractivity (Wildman–Crippen MR) is 101 cm³/mol. The molecule has 140 valence electrons. The molecule has 0 bridgehead atoms. The third kappa shape index (κ3) is 5.13. The lowest BCUT2D eigenvalue weighted by atomic mass is 10.1. The van der Waals surface area contributed by atoms with Gasteiger partial charge in [0.1, 0.15) is 11.6 Å². The maximum Gasteiger partial charge on any atom is 0.220 e. The molecular weight excluding hydrogens is 344 g/mol. The Kier molecular flexibility index (Phi) is 6.14. The zero-order chi connectivity index (χ0) is 19.1. The maximum atomic E-state index is 11.9. The van der Waals surface area contributed by atoms with Gasteiger partial charge in [-0.05, 0) is 49.7 Å². The molecule has 0 atom stereocenters. The number of ether oxygens (including phenoxy) is 1. The summed E-state index contributed by atoms with van der Waals surface area (Å²) in [5, 5.41) is 11.1. The fourth-order valence-corrected chi connectivity index (χ4v) is 2.67. The fraction of sp³-hybridized carbons (Fsp3) is 0.300. The van der Waals surface area contributed by atoms with Gasteiger partial charge in [0, 0.05) is 31.1 Å². The molecule has 7 heteroatoms. The largest absolute Gasteiger partial charge is 0.494 e. The molecule has 2 heterocycles. The maximum absolute atomic E-state index is 11.9. The number of ketones is 1. The Balaban J connectivity index is 1.33. The van der Waals surface area contributed by atoms with Gasteiger partial charge in [-0.1, -0.05) is 6.07 Å². The van der Waals surface area contributed by atoms with Crippen molar-refractivity contribution >= 4 is 17.3 Å². The molecule has 3 aromatic rings. The Hall–Kier alpha value is -3.22. The first kappa shape index (κ1) is 18.6. The smallest absolute Gasteiger partial charge is 0.220 e. The van der Waals surface area contributed by atoms with E-state index in [2.05, 4.69) is 15.5 Å². The summed E-state index contributed by atoms with van der Waals surface area (Å²) in [6.45, 7) is 2.49. The number of carbonyl (C=O) groups excluding carboxylic acids is 2. The summed E-state index contributed by atoms with van der Waals surface area (Å²) in [7, 11) is 0. The SMILES string of the molecule is CC(=O)c1ccc(OCCCC(=O)NCCc2nnc3ccccn23)cc1. The molecule has 1 aromatic carbocycles. The third-order valence-corrected chi connectivity index (χ3v) is 4.13. The van der Waals surface area contributed by atoms with Crippen molar-refractivity contribution in [3.63, 3.8) is 0 Å². The van der Waals surface area contributed by atoms with Crippen molar-refractivity contribution in [2.24, 2.45) is 0 Å². The summed E-state index contributed by atoms with van der Waals surface area (Å²) in [6.07, 6.45) is 3.54. The number of fused-ring (bicyclic) bond motifs is 1. The molecule has 0 saturated carbocycles. The van der Waals surface area contributed by atoms with Gasteiger partial charge in [-0.3, -0.25) is 14.0 Å². The molecule has 0 fully saturated rings. The van der Waals surface area contributed by atoms with Gasteiger partial charge in [-0.15, -0.1) is 10.2 Å². The van der Waals surface area contributed by atoms with E-state index in [1.807, 2.05) is 28.8 Å². The minimum atomic E-state index is -0.0145. The standard InChI is InChI=1S/C20H22N4O3/c1-15(25)16-7-9-17(10-8-16)27-14-4-6-20(26)21-12-11-19-23-22-18-5-2-3-13-24(18)19/h2-3,5,7-10,13H,4,6,11-12,14H2,1H3,(H,21,26). The van der Waals surface area contributed by atoms with Gasteiger partial charge in [0.25, 0.3) is 0 Å². The van der Waals surface area contributed by atoms with Crippen molar-refractivity contribution < 1.29 is 14.3 Å². The van der Waals surface area contributed by atoms with Gasteiger partial charge in [0.2, 0.25) is 5.91 Å². The summed E-state index contributed by atoms with van der Waals surface area (Å²) in [5.74, 6) is 1.53. The molecule has 1 amide bonds. The highest BCUT2D eigenvalue weighted by atomic mass is 16.5. The Morgan fingerprint density at radius 3 is 2.70 bits per heavy atom. The molecule has 0 radical (unpaired) electrons. The van der Waals surface area contributed by atoms with Crippen LogP contribution in [0.2, 0.25) is 0 Å². The quantitative estimate of drug-likeness (QED) is 0.464. The number of benzene rings is 1. The van der Waals surface area contributed by atoms with Gasteiger partial charge in [-0.25, -0.2) is 0 Å². The van der Waals surface area contributed by atoms with Gasteiger partial charge in [-0.2, -0.15) is 0 Å². The number of amides is 1. The van der Waals surface area contributed by atoms with Crippen LogP contribution in [0, 0.1) is 0 Å². The van der Waals surface area contributed by atoms with Crippen molar-refractivity contribution in [1.82, 2.24) is 19.9 Å². The number of rotatable bonds is 9. The molecule has 3 rings (SSSR count). The van der Waals surface area contributed by atoms with Crippen LogP contribution in [-0.4, -0.2) is 39.4 Å². The summed E-state index contributed by atoms with van der Waals surface area (Å²) in [4.78, 5) is 23.1. The first-order chi connectivity index (χ1) is 13.1. The molecule has 2 aromatic heterocycles. The van der Waals surface area contributed by atoms with E-state index in [9.17, 15) is 9.59 Å². The van der Waals surface area contributed by atoms with Crippen molar-refractivity contribution in [1.29, 1.82) is 0 Å². The van der Waals surface area contributed by atoms with E-state index < -0.39 is 0 Å². The number of hydrogen-bond acceptors (Lipinski definition) is 5. The van der Waals surface area contributed by atoms with Crippen LogP contribution < -0.4 is 10.1 Å². The van der Waals surface area contributed by atoms with Gasteiger partial charge in [0.15, 0.2) is 11.4 Å². The summed E-state index contributed by atoms with van der Waals surface area (Å²) in [5.41, 5.74) is 1.45. The predicted octanol–water partition coefficient (Wildman–Crippen LogP) is 2.45. The normalized spacial score (nSPS) is 10.7. The molecule has 0 aliphatic carbocycles. The average molecular weight is 366 g/mol. The van der Waals surface area contributed by atoms with Crippen LogP contribution >= 0.6 is 0 Å². The van der Waals surface area contributed by atoms with Crippen LogP contribution in [-0.2, 0) is 11.2 Å². The van der Waals surface area contributed by atoms with E-state index in [-0.39, 0.29) is 11.7 Å². The molecule has 0 unspecified atom stereocenters. The van der Waals surface area contributed by atoms with Crippen LogP contribution in [0.3, 0.4) is 0 Å². The minimum Gasteiger partial charge on any atom is -0.494 e.